The van der Waals surface area contributed by atoms with E-state index in [1.54, 1.807) is 18.2 Å². The van der Waals surface area contributed by atoms with Crippen molar-refractivity contribution in [3.63, 3.8) is 0 Å². The van der Waals surface area contributed by atoms with E-state index in [4.69, 9.17) is 16.7 Å². The Hall–Kier alpha value is -1.07. The summed E-state index contributed by atoms with van der Waals surface area (Å²) in [5.41, 5.74) is 0.476. The molecule has 0 saturated heterocycles. The Balaban J connectivity index is 2.51. The second-order valence-electron chi connectivity index (χ2n) is 4.32. The maximum atomic E-state index is 11.9. The Bertz CT molecular complexity index is 459. The highest BCUT2D eigenvalue weighted by molar-refractivity contribution is 9.10. The molecule has 0 radical (unpaired) electrons. The molecule has 0 fully saturated rings. The number of hydrogen-bond acceptors (Lipinski definition) is 2. The molecule has 1 aromatic rings. The number of hydrogen-bond donors (Lipinski definition) is 2. The lowest BCUT2D eigenvalue weighted by molar-refractivity contribution is -0.137. The number of carbonyl (C=O) groups excluding carboxylic acids is 1. The highest BCUT2D eigenvalue weighted by Gasteiger charge is 2.11. The number of amides is 1. The van der Waals surface area contributed by atoms with Gasteiger partial charge in [0.25, 0.3) is 5.91 Å². The van der Waals surface area contributed by atoms with Crippen molar-refractivity contribution in [2.45, 2.75) is 32.2 Å². The summed E-state index contributed by atoms with van der Waals surface area (Å²) < 4.78 is 0.740. The molecule has 1 aromatic carbocycles. The van der Waals surface area contributed by atoms with Gasteiger partial charge in [-0.2, -0.15) is 0 Å². The summed E-state index contributed by atoms with van der Waals surface area (Å²) in [5.74, 6) is -1.04. The summed E-state index contributed by atoms with van der Waals surface area (Å²) in [5, 5.41) is 11.8. The fourth-order valence-electron chi connectivity index (χ4n) is 1.62. The zero-order valence-corrected chi connectivity index (χ0v) is 12.8. The van der Waals surface area contributed by atoms with Gasteiger partial charge in [0.2, 0.25) is 0 Å². The molecule has 0 spiro atoms. The summed E-state index contributed by atoms with van der Waals surface area (Å²) in [7, 11) is 0. The number of carboxylic acid groups (broad SMARTS) is 1. The molecule has 0 aliphatic heterocycles. The van der Waals surface area contributed by atoms with Crippen LogP contribution in [0.3, 0.4) is 0 Å². The van der Waals surface area contributed by atoms with Crippen molar-refractivity contribution < 1.29 is 14.7 Å². The first-order valence-electron chi connectivity index (χ1n) is 5.87. The van der Waals surface area contributed by atoms with Crippen LogP contribution < -0.4 is 5.32 Å². The van der Waals surface area contributed by atoms with Gasteiger partial charge in [-0.25, -0.2) is 0 Å². The first-order valence-corrected chi connectivity index (χ1v) is 7.04. The molecule has 0 saturated carbocycles. The molecular formula is C13H15BrClNO3. The standard InChI is InChI=1S/C13H15BrClNO3/c1-8(3-2-4-12(17)18)16-13(19)9-5-10(14)7-11(15)6-9/h5-8H,2-4H2,1H3,(H,16,19)(H,17,18). The van der Waals surface area contributed by atoms with E-state index in [1.165, 1.54) is 0 Å². The second-order valence-corrected chi connectivity index (χ2v) is 5.67. The van der Waals surface area contributed by atoms with E-state index in [1.807, 2.05) is 6.92 Å². The van der Waals surface area contributed by atoms with E-state index in [0.717, 1.165) is 4.47 Å². The van der Waals surface area contributed by atoms with E-state index >= 15 is 0 Å². The first-order chi connectivity index (χ1) is 8.88. The highest BCUT2D eigenvalue weighted by atomic mass is 79.9. The largest absolute Gasteiger partial charge is 0.481 e. The third kappa shape index (κ3) is 6.07. The smallest absolute Gasteiger partial charge is 0.303 e. The number of benzene rings is 1. The number of aliphatic carboxylic acids is 1. The molecule has 19 heavy (non-hydrogen) atoms. The van der Waals surface area contributed by atoms with Gasteiger partial charge in [0.15, 0.2) is 0 Å². The Labute approximate surface area is 125 Å². The molecule has 104 valence electrons. The third-order valence-electron chi connectivity index (χ3n) is 2.53. The van der Waals surface area contributed by atoms with Gasteiger partial charge < -0.3 is 10.4 Å². The van der Waals surface area contributed by atoms with Crippen molar-refractivity contribution in [2.24, 2.45) is 0 Å². The summed E-state index contributed by atoms with van der Waals surface area (Å²) in [4.78, 5) is 22.3. The minimum Gasteiger partial charge on any atom is -0.481 e. The van der Waals surface area contributed by atoms with Gasteiger partial charge >= 0.3 is 5.97 Å². The van der Waals surface area contributed by atoms with Gasteiger partial charge in [0.1, 0.15) is 0 Å². The molecule has 2 N–H and O–H groups in total. The summed E-state index contributed by atoms with van der Waals surface area (Å²) >= 11 is 9.15. The number of carbonyl (C=O) groups is 2. The van der Waals surface area contributed by atoms with Crippen molar-refractivity contribution in [3.8, 4) is 0 Å². The molecule has 0 aliphatic rings. The number of carboxylic acids is 1. The normalized spacial score (nSPS) is 11.9. The molecular weight excluding hydrogens is 334 g/mol. The molecule has 1 rings (SSSR count). The monoisotopic (exact) mass is 347 g/mol. The van der Waals surface area contributed by atoms with Gasteiger partial charge in [-0.15, -0.1) is 0 Å². The van der Waals surface area contributed by atoms with E-state index in [9.17, 15) is 9.59 Å². The van der Waals surface area contributed by atoms with Crippen LogP contribution in [0, 0.1) is 0 Å². The number of halogens is 2. The SMILES string of the molecule is CC(CCCC(=O)O)NC(=O)c1cc(Cl)cc(Br)c1. The van der Waals surface area contributed by atoms with Gasteiger partial charge in [0.05, 0.1) is 0 Å². The second kappa shape index (κ2) is 7.50. The zero-order chi connectivity index (χ0) is 14.4. The molecule has 1 atom stereocenters. The topological polar surface area (TPSA) is 66.4 Å². The Kier molecular flexibility index (Phi) is 6.31. The lowest BCUT2D eigenvalue weighted by atomic mass is 10.1. The van der Waals surface area contributed by atoms with Crippen LogP contribution in [0.15, 0.2) is 22.7 Å². The lowest BCUT2D eigenvalue weighted by Gasteiger charge is -2.13. The van der Waals surface area contributed by atoms with Crippen molar-refractivity contribution in [2.75, 3.05) is 0 Å². The van der Waals surface area contributed by atoms with Crippen molar-refractivity contribution in [1.82, 2.24) is 5.32 Å². The quantitative estimate of drug-likeness (QED) is 0.827. The van der Waals surface area contributed by atoms with Gasteiger partial charge in [0, 0.05) is 27.5 Å². The van der Waals surface area contributed by atoms with Crippen LogP contribution in [0.2, 0.25) is 5.02 Å². The Morgan fingerprint density at radius 3 is 2.68 bits per heavy atom. The fourth-order valence-corrected chi connectivity index (χ4v) is 2.48. The van der Waals surface area contributed by atoms with Gasteiger partial charge in [-0.3, -0.25) is 9.59 Å². The lowest BCUT2D eigenvalue weighted by Crippen LogP contribution is -2.32. The average Bonchev–Trinajstić information content (AvgIpc) is 2.26. The van der Waals surface area contributed by atoms with Crippen LogP contribution in [0.5, 0.6) is 0 Å². The van der Waals surface area contributed by atoms with E-state index in [0.29, 0.717) is 23.4 Å². The first kappa shape index (κ1) is 16.0. The third-order valence-corrected chi connectivity index (χ3v) is 3.21. The van der Waals surface area contributed by atoms with Gasteiger partial charge in [-0.05, 0) is 38.0 Å². The minimum absolute atomic E-state index is 0.0791. The molecule has 0 aliphatic carbocycles. The Morgan fingerprint density at radius 1 is 1.42 bits per heavy atom. The van der Waals surface area contributed by atoms with Crippen LogP contribution in [0.25, 0.3) is 0 Å². The van der Waals surface area contributed by atoms with Crippen molar-refractivity contribution in [1.29, 1.82) is 0 Å². The van der Waals surface area contributed by atoms with Crippen LogP contribution in [-0.2, 0) is 4.79 Å². The summed E-state index contributed by atoms with van der Waals surface area (Å²) in [6.45, 7) is 1.85. The van der Waals surface area contributed by atoms with Crippen LogP contribution in [0.1, 0.15) is 36.5 Å². The van der Waals surface area contributed by atoms with E-state index < -0.39 is 5.97 Å². The number of rotatable bonds is 6. The predicted molar refractivity (Wildman–Crippen MR) is 77.6 cm³/mol. The highest BCUT2D eigenvalue weighted by Crippen LogP contribution is 2.19. The van der Waals surface area contributed by atoms with Gasteiger partial charge in [-0.1, -0.05) is 27.5 Å². The summed E-state index contributed by atoms with van der Waals surface area (Å²) in [6.07, 6.45) is 1.28. The number of nitrogens with one attached hydrogen (secondary N) is 1. The predicted octanol–water partition coefficient (Wildman–Crippen LogP) is 3.48. The van der Waals surface area contributed by atoms with Crippen LogP contribution >= 0.6 is 27.5 Å². The summed E-state index contributed by atoms with van der Waals surface area (Å²) in [6, 6.07) is 4.90. The molecule has 6 heteroatoms. The molecule has 0 bridgehead atoms. The molecule has 0 heterocycles. The fraction of sp³-hybridized carbons (Fsp3) is 0.385. The molecule has 0 aromatic heterocycles. The van der Waals surface area contributed by atoms with Crippen LogP contribution in [0.4, 0.5) is 0 Å². The molecule has 1 unspecified atom stereocenters. The minimum atomic E-state index is -0.822. The van der Waals surface area contributed by atoms with Crippen molar-refractivity contribution >= 4 is 39.4 Å². The van der Waals surface area contributed by atoms with Crippen LogP contribution in [-0.4, -0.2) is 23.0 Å². The maximum absolute atomic E-state index is 11.9. The maximum Gasteiger partial charge on any atom is 0.303 e. The van der Waals surface area contributed by atoms with E-state index in [2.05, 4.69) is 21.2 Å². The Morgan fingerprint density at radius 2 is 2.11 bits per heavy atom. The van der Waals surface area contributed by atoms with Crippen molar-refractivity contribution in [3.05, 3.63) is 33.3 Å². The zero-order valence-electron chi connectivity index (χ0n) is 10.5. The molecule has 4 nitrogen and oxygen atoms in total. The van der Waals surface area contributed by atoms with E-state index in [-0.39, 0.29) is 18.4 Å². The average molecular weight is 349 g/mol. The molecule has 1 amide bonds.